The quantitative estimate of drug-likeness (QED) is 0.0565. The second-order valence-corrected chi connectivity index (χ2v) is 46.3. The zero-order valence-electron chi connectivity index (χ0n) is 32.3. The van der Waals surface area contributed by atoms with Gasteiger partial charge in [-0.25, -0.2) is 0 Å². The van der Waals surface area contributed by atoms with Crippen molar-refractivity contribution in [1.82, 2.24) is 0 Å². The minimum absolute atomic E-state index is 0.270. The molecule has 0 aliphatic heterocycles. The number of unbranched alkanes of at least 4 members (excludes halogenated alkanes) is 6. The van der Waals surface area contributed by atoms with Gasteiger partial charge in [-0.2, -0.15) is 0 Å². The summed E-state index contributed by atoms with van der Waals surface area (Å²) in [5.74, 6) is 0. The first-order valence-corrected chi connectivity index (χ1v) is 38.4. The molecule has 1 heterocycles. The van der Waals surface area contributed by atoms with Crippen LogP contribution >= 0.6 is 26.5 Å². The van der Waals surface area contributed by atoms with Gasteiger partial charge in [0.15, 0.2) is 0 Å². The van der Waals surface area contributed by atoms with Gasteiger partial charge in [-0.05, 0) is 0 Å². The van der Waals surface area contributed by atoms with Crippen molar-refractivity contribution in [3.63, 3.8) is 0 Å². The number of rotatable bonds is 30. The fourth-order valence-corrected chi connectivity index (χ4v) is 60.9. The van der Waals surface area contributed by atoms with E-state index in [-0.39, 0.29) is 26.4 Å². The van der Waals surface area contributed by atoms with Crippen LogP contribution in [0.5, 0.6) is 0 Å². The number of hydrogen-bond donors (Lipinski definition) is 0. The molecular weight excluding hydrogens is 860 g/mol. The van der Waals surface area contributed by atoms with E-state index in [4.69, 9.17) is 18.1 Å². The molecule has 11 heteroatoms. The molecule has 0 aromatic carbocycles. The van der Waals surface area contributed by atoms with Gasteiger partial charge in [-0.1, -0.05) is 0 Å². The molecule has 0 saturated heterocycles. The van der Waals surface area contributed by atoms with E-state index in [1.807, 2.05) is 39.0 Å². The first kappa shape index (κ1) is 46.6. The Hall–Kier alpha value is 1.60. The predicted molar refractivity (Wildman–Crippen MR) is 214 cm³/mol. The molecule has 278 valence electrons. The summed E-state index contributed by atoms with van der Waals surface area (Å²) in [6.45, 7) is 22.5. The molecule has 1 aromatic rings. The Morgan fingerprint density at radius 3 is 0.809 bits per heavy atom. The van der Waals surface area contributed by atoms with Crippen LogP contribution in [0.4, 0.5) is 0 Å². The minimum atomic E-state index is -3.85. The topological polar surface area (TPSA) is 71.1 Å². The maximum atomic E-state index is 15.5. The van der Waals surface area contributed by atoms with Crippen molar-refractivity contribution in [3.8, 4) is 0 Å². The second-order valence-electron chi connectivity index (χ2n) is 13.3. The van der Waals surface area contributed by atoms with Crippen LogP contribution in [0.25, 0.3) is 0 Å². The van der Waals surface area contributed by atoms with Gasteiger partial charge in [0.1, 0.15) is 0 Å². The van der Waals surface area contributed by atoms with Gasteiger partial charge in [-0.3, -0.25) is 0 Å². The van der Waals surface area contributed by atoms with E-state index in [9.17, 15) is 0 Å². The Balaban J connectivity index is 4.79. The van der Waals surface area contributed by atoms with E-state index >= 15 is 9.13 Å². The summed E-state index contributed by atoms with van der Waals surface area (Å²) in [5.41, 5.74) is 0. The summed E-state index contributed by atoms with van der Waals surface area (Å²) < 4.78 is 66.5. The molecule has 47 heavy (non-hydrogen) atoms. The Bertz CT molecular complexity index is 938. The molecule has 0 unspecified atom stereocenters. The fourth-order valence-electron chi connectivity index (χ4n) is 7.18. The predicted octanol–water partition coefficient (Wildman–Crippen LogP) is 11.6. The van der Waals surface area contributed by atoms with Crippen LogP contribution in [-0.4, -0.2) is 63.2 Å². The Morgan fingerprint density at radius 1 is 0.426 bits per heavy atom. The van der Waals surface area contributed by atoms with Crippen LogP contribution < -0.4 is 16.4 Å². The van der Waals surface area contributed by atoms with E-state index in [1.54, 1.807) is 0 Å². The van der Waals surface area contributed by atoms with Crippen LogP contribution in [0, 0.1) is 0 Å². The van der Waals surface area contributed by atoms with Gasteiger partial charge in [-0.15, -0.1) is 0 Å². The van der Waals surface area contributed by atoms with Crippen LogP contribution in [0.15, 0.2) is 0 Å². The van der Waals surface area contributed by atoms with Gasteiger partial charge < -0.3 is 0 Å². The molecule has 6 nitrogen and oxygen atoms in total. The Labute approximate surface area is 303 Å². The van der Waals surface area contributed by atoms with Crippen LogP contribution in [0.2, 0.25) is 26.6 Å². The fraction of sp³-hybridized carbons (Fsp3) is 0.889. The zero-order chi connectivity index (χ0) is 35.4. The summed E-state index contributed by atoms with van der Waals surface area (Å²) in [6.07, 6.45) is 14.0. The summed E-state index contributed by atoms with van der Waals surface area (Å²) in [6, 6.07) is 0. The van der Waals surface area contributed by atoms with E-state index in [0.29, 0.717) is 10.6 Å². The molecule has 0 aliphatic carbocycles. The average molecular weight is 934 g/mol. The second kappa shape index (κ2) is 24.8. The monoisotopic (exact) mass is 936 g/mol. The van der Waals surface area contributed by atoms with Crippen molar-refractivity contribution in [2.75, 3.05) is 26.4 Å². The summed E-state index contributed by atoms with van der Waals surface area (Å²) in [4.78, 5) is 0. The molecule has 0 bridgehead atoms. The van der Waals surface area contributed by atoms with Gasteiger partial charge in [0.2, 0.25) is 0 Å². The van der Waals surface area contributed by atoms with Crippen LogP contribution in [-0.2, 0) is 27.2 Å². The number of thiophene rings is 1. The third-order valence-corrected chi connectivity index (χ3v) is 53.4. The third-order valence-electron chi connectivity index (χ3n) is 9.62. The van der Waals surface area contributed by atoms with E-state index in [2.05, 4.69) is 41.5 Å². The van der Waals surface area contributed by atoms with Crippen molar-refractivity contribution in [2.24, 2.45) is 0 Å². The Kier molecular flexibility index (Phi) is 24.6. The molecule has 1 rings (SSSR count). The summed E-state index contributed by atoms with van der Waals surface area (Å²) >= 11 is -4.67. The van der Waals surface area contributed by atoms with Gasteiger partial charge >= 0.3 is 306 Å². The molecule has 1 aromatic heterocycles. The van der Waals surface area contributed by atoms with Crippen molar-refractivity contribution < 1.29 is 27.2 Å². The summed E-state index contributed by atoms with van der Waals surface area (Å²) in [5, 5.41) is 1.35. The molecule has 0 spiro atoms. The first-order valence-electron chi connectivity index (χ1n) is 19.5. The molecule has 0 saturated carbocycles. The van der Waals surface area contributed by atoms with Crippen molar-refractivity contribution in [3.05, 3.63) is 0 Å². The molecule has 0 atom stereocenters. The molecule has 0 fully saturated rings. The molecular formula is C36H74O6P2SSn2. The Morgan fingerprint density at radius 2 is 0.638 bits per heavy atom. The SMILES string of the molecule is CCC[CH2][Sn]([CH2]CCC)([CH2]CCC)[c]1s[c]([Sn]([CH2]CCC)([CH2]CCC)[CH2]CCC)c(P(=O)(OCC)OCC)c1P(=O)(OCC)OCC. The zero-order valence-corrected chi connectivity index (χ0v) is 40.6. The average Bonchev–Trinajstić information content (AvgIpc) is 3.49. The van der Waals surface area contributed by atoms with Gasteiger partial charge in [0, 0.05) is 0 Å². The molecule has 0 N–H and O–H groups in total. The van der Waals surface area contributed by atoms with E-state index in [0.717, 1.165) is 38.5 Å². The normalized spacial score (nSPS) is 13.1. The van der Waals surface area contributed by atoms with Crippen LogP contribution in [0.1, 0.15) is 146 Å². The van der Waals surface area contributed by atoms with E-state index in [1.165, 1.54) is 70.9 Å². The molecule has 0 amide bonds. The van der Waals surface area contributed by atoms with Gasteiger partial charge in [0.25, 0.3) is 0 Å². The molecule has 0 aliphatic rings. The van der Waals surface area contributed by atoms with Crippen LogP contribution in [0.3, 0.4) is 0 Å². The first-order chi connectivity index (χ1) is 22.6. The van der Waals surface area contributed by atoms with Crippen molar-refractivity contribution >= 4 is 79.7 Å². The standard InChI is InChI=1S/C12H20O6P2S.6C4H9.2Sn/c1-5-15-19(13,16-6-2)11-9-21-10-12(11)20(14,17-7-3)18-8-4;6*1-3-4-2;;/h5-8H2,1-4H3;6*1,3-4H2,2H3;;. The maximum absolute atomic E-state index is 15.5. The van der Waals surface area contributed by atoms with Gasteiger partial charge in [0.05, 0.1) is 0 Å². The van der Waals surface area contributed by atoms with Crippen molar-refractivity contribution in [1.29, 1.82) is 0 Å². The summed E-state index contributed by atoms with van der Waals surface area (Å²) in [7, 11) is -7.69. The molecule has 0 radical (unpaired) electrons. The van der Waals surface area contributed by atoms with Crippen molar-refractivity contribution in [2.45, 2.75) is 173 Å². The number of hydrogen-bond acceptors (Lipinski definition) is 7. The third kappa shape index (κ3) is 12.9. The van der Waals surface area contributed by atoms with E-state index < -0.39 is 51.9 Å².